The van der Waals surface area contributed by atoms with E-state index in [0.717, 1.165) is 0 Å². The number of alkyl halides is 3. The molecule has 2 aromatic carbocycles. The highest BCUT2D eigenvalue weighted by atomic mass is 35.5. The first-order chi connectivity index (χ1) is 12.0. The van der Waals surface area contributed by atoms with E-state index >= 15 is 0 Å². The molecule has 1 N–H and O–H groups in total. The fourth-order valence-electron chi connectivity index (χ4n) is 2.10. The zero-order chi connectivity index (χ0) is 19.6. The smallest absolute Gasteiger partial charge is 0.416 e. The molecule has 10 heteroatoms. The summed E-state index contributed by atoms with van der Waals surface area (Å²) >= 11 is 11.7. The second kappa shape index (κ2) is 7.59. The summed E-state index contributed by atoms with van der Waals surface area (Å²) in [6, 6.07) is 5.16. The molecule has 0 fully saturated rings. The van der Waals surface area contributed by atoms with Crippen LogP contribution in [0.2, 0.25) is 10.0 Å². The van der Waals surface area contributed by atoms with Crippen molar-refractivity contribution in [3.63, 3.8) is 0 Å². The van der Waals surface area contributed by atoms with E-state index in [1.165, 1.54) is 18.2 Å². The maximum absolute atomic E-state index is 12.8. The van der Waals surface area contributed by atoms with Gasteiger partial charge < -0.3 is 10.1 Å². The Balaban J connectivity index is 2.41. The Morgan fingerprint density at radius 2 is 1.73 bits per heavy atom. The van der Waals surface area contributed by atoms with Crippen molar-refractivity contribution in [3.05, 3.63) is 56.1 Å². The Bertz CT molecular complexity index is 819. The largest absolute Gasteiger partial charge is 0.454 e. The molecule has 0 aliphatic carbocycles. The van der Waals surface area contributed by atoms with E-state index < -0.39 is 16.7 Å². The summed E-state index contributed by atoms with van der Waals surface area (Å²) in [5.41, 5.74) is -0.983. The monoisotopic (exact) mass is 408 g/mol. The highest BCUT2D eigenvalue weighted by Crippen LogP contribution is 2.42. The number of hydrogen-bond acceptors (Lipinski definition) is 4. The minimum Gasteiger partial charge on any atom is -0.454 e. The maximum Gasteiger partial charge on any atom is 0.416 e. The number of nitrogens with zero attached hydrogens (tertiary/aromatic N) is 1. The van der Waals surface area contributed by atoms with Crippen molar-refractivity contribution >= 4 is 34.6 Å². The number of halogens is 5. The average molecular weight is 409 g/mol. The summed E-state index contributed by atoms with van der Waals surface area (Å²) in [6.45, 7) is 3.59. The van der Waals surface area contributed by atoms with Crippen molar-refractivity contribution in [2.24, 2.45) is 0 Å². The summed E-state index contributed by atoms with van der Waals surface area (Å²) in [5, 5.41) is 13.3. The van der Waals surface area contributed by atoms with E-state index in [2.05, 4.69) is 5.32 Å². The van der Waals surface area contributed by atoms with Crippen LogP contribution in [-0.2, 0) is 6.18 Å². The molecule has 0 heterocycles. The Labute approximate surface area is 156 Å². The number of anilines is 1. The Morgan fingerprint density at radius 3 is 2.19 bits per heavy atom. The van der Waals surface area contributed by atoms with Crippen LogP contribution in [0.4, 0.5) is 24.5 Å². The van der Waals surface area contributed by atoms with Crippen LogP contribution in [0.3, 0.4) is 0 Å². The van der Waals surface area contributed by atoms with Crippen LogP contribution < -0.4 is 10.1 Å². The lowest BCUT2D eigenvalue weighted by molar-refractivity contribution is -0.384. The van der Waals surface area contributed by atoms with Gasteiger partial charge in [0, 0.05) is 18.2 Å². The van der Waals surface area contributed by atoms with Crippen molar-refractivity contribution in [3.8, 4) is 11.5 Å². The average Bonchev–Trinajstić information content (AvgIpc) is 2.49. The Kier molecular flexibility index (Phi) is 5.87. The van der Waals surface area contributed by atoms with Crippen molar-refractivity contribution < 1.29 is 22.8 Å². The summed E-state index contributed by atoms with van der Waals surface area (Å²) < 4.78 is 43.8. The summed E-state index contributed by atoms with van der Waals surface area (Å²) in [7, 11) is 0. The number of rotatable bonds is 5. The molecule has 0 bridgehead atoms. The molecule has 0 aliphatic rings. The lowest BCUT2D eigenvalue weighted by Gasteiger charge is -2.15. The molecule has 0 saturated heterocycles. The first kappa shape index (κ1) is 20.1. The maximum atomic E-state index is 12.8. The molecule has 0 amide bonds. The minimum absolute atomic E-state index is 0.0952. The van der Waals surface area contributed by atoms with Crippen molar-refractivity contribution in [1.29, 1.82) is 0 Å². The highest BCUT2D eigenvalue weighted by molar-refractivity contribution is 6.37. The van der Waals surface area contributed by atoms with Crippen LogP contribution in [0.15, 0.2) is 30.3 Å². The van der Waals surface area contributed by atoms with E-state index in [4.69, 9.17) is 27.9 Å². The quantitative estimate of drug-likeness (QED) is 0.450. The zero-order valence-electron chi connectivity index (χ0n) is 13.5. The van der Waals surface area contributed by atoms with Gasteiger partial charge in [0.15, 0.2) is 5.75 Å². The molecule has 0 radical (unpaired) electrons. The van der Waals surface area contributed by atoms with Gasteiger partial charge in [-0.3, -0.25) is 10.1 Å². The van der Waals surface area contributed by atoms with Gasteiger partial charge >= 0.3 is 6.18 Å². The molecule has 140 valence electrons. The number of ether oxygens (including phenoxy) is 1. The summed E-state index contributed by atoms with van der Waals surface area (Å²) in [5.74, 6) is -0.0482. The van der Waals surface area contributed by atoms with E-state index in [1.54, 1.807) is 13.8 Å². The van der Waals surface area contributed by atoms with Gasteiger partial charge in [-0.1, -0.05) is 23.2 Å². The number of hydrogen-bond donors (Lipinski definition) is 1. The molecule has 0 spiro atoms. The molecule has 0 aliphatic heterocycles. The molecule has 0 atom stereocenters. The van der Waals surface area contributed by atoms with Crippen LogP contribution in [0, 0.1) is 10.1 Å². The van der Waals surface area contributed by atoms with Gasteiger partial charge in [-0.15, -0.1) is 0 Å². The molecule has 0 unspecified atom stereocenters. The molecular formula is C16H13Cl2F3N2O3. The first-order valence-electron chi connectivity index (χ1n) is 7.28. The van der Waals surface area contributed by atoms with Crippen LogP contribution >= 0.6 is 23.2 Å². The van der Waals surface area contributed by atoms with E-state index in [-0.39, 0.29) is 39.0 Å². The van der Waals surface area contributed by atoms with Crippen LogP contribution in [0.5, 0.6) is 11.5 Å². The van der Waals surface area contributed by atoms with E-state index in [1.807, 2.05) is 0 Å². The SMILES string of the molecule is CC(C)Nc1cc(Oc2c(Cl)cc(C(F)(F)F)cc2Cl)ccc1[N+](=O)[O-]. The molecular weight excluding hydrogens is 396 g/mol. The number of nitro benzene ring substituents is 1. The molecule has 2 aromatic rings. The normalized spacial score (nSPS) is 11.5. The van der Waals surface area contributed by atoms with Crippen molar-refractivity contribution in [2.75, 3.05) is 5.32 Å². The third-order valence-electron chi connectivity index (χ3n) is 3.15. The Morgan fingerprint density at radius 1 is 1.15 bits per heavy atom. The van der Waals surface area contributed by atoms with Gasteiger partial charge in [0.2, 0.25) is 0 Å². The number of benzene rings is 2. The Hall–Kier alpha value is -2.19. The second-order valence-corrected chi connectivity index (χ2v) is 6.42. The fraction of sp³-hybridized carbons (Fsp3) is 0.250. The van der Waals surface area contributed by atoms with Crippen molar-refractivity contribution in [2.45, 2.75) is 26.1 Å². The molecule has 2 rings (SSSR count). The van der Waals surface area contributed by atoms with Crippen molar-refractivity contribution in [1.82, 2.24) is 0 Å². The summed E-state index contributed by atoms with van der Waals surface area (Å²) in [4.78, 5) is 10.5. The van der Waals surface area contributed by atoms with Gasteiger partial charge in [-0.2, -0.15) is 13.2 Å². The predicted octanol–water partition coefficient (Wildman–Crippen LogP) is 6.53. The lowest BCUT2D eigenvalue weighted by Crippen LogP contribution is -2.11. The van der Waals surface area contributed by atoms with Crippen LogP contribution in [-0.4, -0.2) is 11.0 Å². The van der Waals surface area contributed by atoms with Gasteiger partial charge in [-0.25, -0.2) is 0 Å². The number of nitrogens with one attached hydrogen (secondary N) is 1. The van der Waals surface area contributed by atoms with Crippen LogP contribution in [0.25, 0.3) is 0 Å². The first-order valence-corrected chi connectivity index (χ1v) is 8.03. The lowest BCUT2D eigenvalue weighted by atomic mass is 10.2. The highest BCUT2D eigenvalue weighted by Gasteiger charge is 2.32. The van der Waals surface area contributed by atoms with Gasteiger partial charge in [-0.05, 0) is 32.0 Å². The van der Waals surface area contributed by atoms with E-state index in [0.29, 0.717) is 12.1 Å². The topological polar surface area (TPSA) is 64.4 Å². The molecule has 5 nitrogen and oxygen atoms in total. The minimum atomic E-state index is -4.60. The molecule has 0 saturated carbocycles. The van der Waals surface area contributed by atoms with E-state index in [9.17, 15) is 23.3 Å². The third-order valence-corrected chi connectivity index (χ3v) is 3.72. The number of nitro groups is 1. The third kappa shape index (κ3) is 4.70. The van der Waals surface area contributed by atoms with Crippen LogP contribution in [0.1, 0.15) is 19.4 Å². The van der Waals surface area contributed by atoms with Gasteiger partial charge in [0.1, 0.15) is 11.4 Å². The molecule has 0 aromatic heterocycles. The zero-order valence-corrected chi connectivity index (χ0v) is 15.0. The predicted molar refractivity (Wildman–Crippen MR) is 93.4 cm³/mol. The molecule has 26 heavy (non-hydrogen) atoms. The standard InChI is InChI=1S/C16H13Cl2F3N2O3/c1-8(2)22-13-7-10(3-4-14(13)23(24)25)26-15-11(17)5-9(6-12(15)18)16(19,20)21/h3-8,22H,1-2H3. The van der Waals surface area contributed by atoms with Gasteiger partial charge in [0.25, 0.3) is 5.69 Å². The fourth-order valence-corrected chi connectivity index (χ4v) is 2.67. The van der Waals surface area contributed by atoms with Gasteiger partial charge in [0.05, 0.1) is 20.5 Å². The summed E-state index contributed by atoms with van der Waals surface area (Å²) in [6.07, 6.45) is -4.60. The second-order valence-electron chi connectivity index (χ2n) is 5.60.